The van der Waals surface area contributed by atoms with Crippen molar-refractivity contribution in [3.05, 3.63) is 124 Å². The number of hydrogen-bond donors (Lipinski definition) is 2. The van der Waals surface area contributed by atoms with E-state index in [-0.39, 0.29) is 12.1 Å². The lowest BCUT2D eigenvalue weighted by atomic mass is 9.93. The van der Waals surface area contributed by atoms with Crippen LogP contribution < -0.4 is 10.0 Å². The van der Waals surface area contributed by atoms with Crippen molar-refractivity contribution in [2.75, 3.05) is 6.54 Å². The van der Waals surface area contributed by atoms with Crippen molar-refractivity contribution in [3.63, 3.8) is 0 Å². The van der Waals surface area contributed by atoms with E-state index in [0.717, 1.165) is 25.8 Å². The largest absolute Gasteiger partial charge is 0.308 e. The van der Waals surface area contributed by atoms with Gasteiger partial charge in [-0.2, -0.15) is 0 Å². The minimum absolute atomic E-state index is 0.0936. The van der Waals surface area contributed by atoms with E-state index in [4.69, 9.17) is 0 Å². The minimum atomic E-state index is 0.0936. The highest BCUT2D eigenvalue weighted by Crippen LogP contribution is 2.39. The molecule has 0 heterocycles. The highest BCUT2D eigenvalue weighted by Gasteiger charge is 2.26. The Kier molecular flexibility index (Phi) is 13.3. The second-order valence-electron chi connectivity index (χ2n) is 11.3. The average Bonchev–Trinajstić information content (AvgIpc) is 2.96. The van der Waals surface area contributed by atoms with Crippen LogP contribution in [0.2, 0.25) is 0 Å². The zero-order chi connectivity index (χ0) is 28.9. The zero-order valence-corrected chi connectivity index (χ0v) is 26.5. The Morgan fingerprint density at radius 1 is 0.825 bits per heavy atom. The molecule has 0 spiro atoms. The summed E-state index contributed by atoms with van der Waals surface area (Å²) in [5, 5.41) is 3.96. The summed E-state index contributed by atoms with van der Waals surface area (Å²) >= 11 is 1.81. The van der Waals surface area contributed by atoms with Gasteiger partial charge in [0.2, 0.25) is 0 Å². The molecular formula is C37H50N2S. The molecule has 0 aliphatic rings. The molecule has 3 heteroatoms. The molecule has 0 saturated carbocycles. The quantitative estimate of drug-likeness (QED) is 0.111. The van der Waals surface area contributed by atoms with Crippen LogP contribution in [0.3, 0.4) is 0 Å². The normalized spacial score (nSPS) is 13.9. The van der Waals surface area contributed by atoms with Gasteiger partial charge in [-0.3, -0.25) is 4.72 Å². The fourth-order valence-electron chi connectivity index (χ4n) is 5.15. The van der Waals surface area contributed by atoms with Gasteiger partial charge >= 0.3 is 0 Å². The van der Waals surface area contributed by atoms with E-state index in [1.54, 1.807) is 0 Å². The Balaban J connectivity index is 1.93. The van der Waals surface area contributed by atoms with Crippen molar-refractivity contribution in [2.45, 2.75) is 96.5 Å². The number of rotatable bonds is 15. The summed E-state index contributed by atoms with van der Waals surface area (Å²) in [5.41, 5.74) is 8.20. The van der Waals surface area contributed by atoms with Crippen LogP contribution in [-0.2, 0) is 0 Å². The van der Waals surface area contributed by atoms with Crippen LogP contribution in [0.1, 0.15) is 113 Å². The fourth-order valence-corrected chi connectivity index (χ4v) is 6.49. The van der Waals surface area contributed by atoms with Gasteiger partial charge in [-0.05, 0) is 85.7 Å². The molecule has 2 N–H and O–H groups in total. The predicted octanol–water partition coefficient (Wildman–Crippen LogP) is 10.6. The van der Waals surface area contributed by atoms with Gasteiger partial charge in [0, 0.05) is 4.90 Å². The molecule has 0 bridgehead atoms. The third-order valence-electron chi connectivity index (χ3n) is 7.42. The number of hydrogen-bond acceptors (Lipinski definition) is 3. The van der Waals surface area contributed by atoms with Gasteiger partial charge in [0.1, 0.15) is 0 Å². The Bertz CT molecular complexity index is 1180. The highest BCUT2D eigenvalue weighted by molar-refractivity contribution is 7.97. The fraction of sp³-hybridized carbons (Fsp3) is 0.405. The summed E-state index contributed by atoms with van der Waals surface area (Å²) in [6, 6.07) is 26.8. The van der Waals surface area contributed by atoms with Crippen molar-refractivity contribution >= 4 is 11.9 Å². The first-order valence-corrected chi connectivity index (χ1v) is 15.9. The van der Waals surface area contributed by atoms with Crippen molar-refractivity contribution in [1.82, 2.24) is 10.0 Å². The van der Waals surface area contributed by atoms with Gasteiger partial charge in [-0.25, -0.2) is 0 Å². The van der Waals surface area contributed by atoms with Crippen LogP contribution in [0.25, 0.3) is 0 Å². The molecule has 3 rings (SSSR count). The monoisotopic (exact) mass is 554 g/mol. The predicted molar refractivity (Wildman–Crippen MR) is 177 cm³/mol. The van der Waals surface area contributed by atoms with E-state index >= 15 is 0 Å². The molecule has 3 aromatic carbocycles. The average molecular weight is 555 g/mol. The molecule has 0 fully saturated rings. The van der Waals surface area contributed by atoms with Gasteiger partial charge < -0.3 is 5.32 Å². The second-order valence-corrected chi connectivity index (χ2v) is 12.2. The summed E-state index contributed by atoms with van der Waals surface area (Å²) in [6.45, 7) is 16.7. The lowest BCUT2D eigenvalue weighted by molar-refractivity contribution is 0.432. The van der Waals surface area contributed by atoms with Crippen LogP contribution in [0.15, 0.2) is 101 Å². The lowest BCUT2D eigenvalue weighted by Gasteiger charge is -2.31. The summed E-state index contributed by atoms with van der Waals surface area (Å²) in [5.74, 6) is 0.921. The number of nitrogens with one attached hydrogen (secondary N) is 2. The highest BCUT2D eigenvalue weighted by atomic mass is 32.2. The van der Waals surface area contributed by atoms with E-state index in [2.05, 4.69) is 150 Å². The summed E-state index contributed by atoms with van der Waals surface area (Å²) in [4.78, 5) is 1.38. The maximum Gasteiger partial charge on any atom is 0.0619 e. The van der Waals surface area contributed by atoms with E-state index in [1.807, 2.05) is 11.9 Å². The Hall–Kier alpha value is -2.59. The number of allylic oxidation sites excluding steroid dienone is 4. The smallest absolute Gasteiger partial charge is 0.0619 e. The molecule has 2 nitrogen and oxygen atoms in total. The van der Waals surface area contributed by atoms with Crippen LogP contribution >= 0.6 is 11.9 Å². The molecule has 214 valence electrons. The molecule has 40 heavy (non-hydrogen) atoms. The number of benzene rings is 3. The molecule has 0 radical (unpaired) electrons. The third-order valence-corrected chi connectivity index (χ3v) is 8.47. The molecule has 0 aliphatic heterocycles. The van der Waals surface area contributed by atoms with E-state index in [1.165, 1.54) is 38.3 Å². The molecule has 0 aromatic heterocycles. The van der Waals surface area contributed by atoms with Crippen LogP contribution in [0.5, 0.6) is 0 Å². The second kappa shape index (κ2) is 16.6. The topological polar surface area (TPSA) is 24.1 Å². The van der Waals surface area contributed by atoms with Gasteiger partial charge in [-0.15, -0.1) is 0 Å². The van der Waals surface area contributed by atoms with Crippen LogP contribution in [0.4, 0.5) is 0 Å². The van der Waals surface area contributed by atoms with Gasteiger partial charge in [0.25, 0.3) is 0 Å². The summed E-state index contributed by atoms with van der Waals surface area (Å²) in [7, 11) is 0. The van der Waals surface area contributed by atoms with E-state index in [0.29, 0.717) is 11.8 Å². The maximum atomic E-state index is 3.98. The first kappa shape index (κ1) is 31.9. The van der Waals surface area contributed by atoms with Gasteiger partial charge in [0.05, 0.1) is 12.1 Å². The van der Waals surface area contributed by atoms with Gasteiger partial charge in [-0.1, -0.05) is 137 Å². The standard InChI is InChI=1S/C37H50N2S/c1-8-10-18-30(9-2)19-17-24-38-35(31-20-13-11-14-21-31)36(32-22-15-12-16-23-32)39-40-37-33(27(3)4)25-29(7)26-34(37)28(5)6/h9-16,18,20-23,25-28,35-36,38-39H,8,17,19,24H2,1-7H3/b18-10-,30-9+/t35-,36-/m0/s1. The Morgan fingerprint density at radius 3 is 1.88 bits per heavy atom. The lowest BCUT2D eigenvalue weighted by Crippen LogP contribution is -2.33. The third kappa shape index (κ3) is 9.23. The van der Waals surface area contributed by atoms with Crippen molar-refractivity contribution in [3.8, 4) is 0 Å². The van der Waals surface area contributed by atoms with Crippen molar-refractivity contribution in [2.24, 2.45) is 0 Å². The first-order chi connectivity index (χ1) is 19.3. The minimum Gasteiger partial charge on any atom is -0.308 e. The van der Waals surface area contributed by atoms with Crippen LogP contribution in [0, 0.1) is 6.92 Å². The first-order valence-electron chi connectivity index (χ1n) is 15.1. The molecule has 0 saturated heterocycles. The molecule has 2 atom stereocenters. The number of aryl methyl sites for hydroxylation is 1. The molecule has 0 amide bonds. The van der Waals surface area contributed by atoms with Crippen LogP contribution in [-0.4, -0.2) is 6.54 Å². The van der Waals surface area contributed by atoms with Crippen molar-refractivity contribution < 1.29 is 0 Å². The zero-order valence-electron chi connectivity index (χ0n) is 25.7. The van der Waals surface area contributed by atoms with E-state index in [9.17, 15) is 0 Å². The summed E-state index contributed by atoms with van der Waals surface area (Å²) in [6.07, 6.45) is 10.0. The molecular weight excluding hydrogens is 504 g/mol. The molecule has 3 aromatic rings. The summed E-state index contributed by atoms with van der Waals surface area (Å²) < 4.78 is 3.98. The van der Waals surface area contributed by atoms with E-state index < -0.39 is 0 Å². The molecule has 0 unspecified atom stereocenters. The SMILES string of the molecule is C/C=C(\C=C/CC)CCCN[C@@H](c1ccccc1)[C@@H](NSc1c(C(C)C)cc(C)cc1C(C)C)c1ccccc1. The van der Waals surface area contributed by atoms with Gasteiger partial charge in [0.15, 0.2) is 0 Å². The van der Waals surface area contributed by atoms with Crippen molar-refractivity contribution in [1.29, 1.82) is 0 Å². The maximum absolute atomic E-state index is 3.98. The Labute approximate surface area is 248 Å². The molecule has 0 aliphatic carbocycles. The Morgan fingerprint density at radius 2 is 1.38 bits per heavy atom.